The number of benzene rings is 1. The number of rotatable bonds is 4. The summed E-state index contributed by atoms with van der Waals surface area (Å²) in [5.41, 5.74) is 0.812. The summed E-state index contributed by atoms with van der Waals surface area (Å²) < 4.78 is 6.03. The molecule has 1 N–H and O–H groups in total. The van der Waals surface area contributed by atoms with Crippen LogP contribution >= 0.6 is 15.9 Å². The van der Waals surface area contributed by atoms with E-state index < -0.39 is 11.6 Å². The number of pyridine rings is 1. The highest BCUT2D eigenvalue weighted by Gasteiger charge is 2.43. The molecule has 1 fully saturated rings. The summed E-state index contributed by atoms with van der Waals surface area (Å²) in [7, 11) is 0. The monoisotopic (exact) mass is 403 g/mol. The van der Waals surface area contributed by atoms with Crippen LogP contribution in [0.1, 0.15) is 23.0 Å². The summed E-state index contributed by atoms with van der Waals surface area (Å²) in [4.78, 5) is 30.0. The minimum atomic E-state index is -0.491. The fourth-order valence-electron chi connectivity index (χ4n) is 2.71. The minimum absolute atomic E-state index is 0.154. The Hall–Kier alpha value is -2.41. The molecule has 1 saturated heterocycles. The van der Waals surface area contributed by atoms with Gasteiger partial charge in [-0.05, 0) is 24.6 Å². The number of alkyl carbamates (subject to hydrolysis) is 1. The van der Waals surface area contributed by atoms with Crippen molar-refractivity contribution in [3.63, 3.8) is 0 Å². The van der Waals surface area contributed by atoms with Crippen molar-refractivity contribution in [2.24, 2.45) is 0 Å². The lowest BCUT2D eigenvalue weighted by molar-refractivity contribution is 0.0314. The summed E-state index contributed by atoms with van der Waals surface area (Å²) in [5.74, 6) is -0.154. The molecule has 130 valence electrons. The third-order valence-electron chi connectivity index (χ3n) is 3.92. The lowest BCUT2D eigenvalue weighted by Gasteiger charge is -2.47. The predicted octanol–water partition coefficient (Wildman–Crippen LogP) is 2.99. The second kappa shape index (κ2) is 7.23. The zero-order valence-corrected chi connectivity index (χ0v) is 15.3. The highest BCUT2D eigenvalue weighted by Crippen LogP contribution is 2.23. The molecule has 2 heterocycles. The standard InChI is InChI=1S/C18H18BrN3O3/c1-18(21-17(24)25-10-13-5-3-2-4-6-13)11-22(12-18)16(23)15-9-14(19)7-8-20-15/h2-9H,10-12H2,1H3,(H,21,24). The maximum Gasteiger partial charge on any atom is 0.408 e. The number of carbonyl (C=O) groups excluding carboxylic acids is 2. The molecule has 1 aliphatic heterocycles. The Kier molecular flexibility index (Phi) is 5.03. The van der Waals surface area contributed by atoms with Gasteiger partial charge in [0.05, 0.1) is 5.54 Å². The molecule has 1 aromatic heterocycles. The van der Waals surface area contributed by atoms with E-state index in [9.17, 15) is 9.59 Å². The van der Waals surface area contributed by atoms with Gasteiger partial charge < -0.3 is 15.0 Å². The third-order valence-corrected chi connectivity index (χ3v) is 4.42. The Bertz CT molecular complexity index is 776. The molecule has 25 heavy (non-hydrogen) atoms. The summed E-state index contributed by atoms with van der Waals surface area (Å²) in [5, 5.41) is 2.83. The first-order valence-corrected chi connectivity index (χ1v) is 8.64. The van der Waals surface area contributed by atoms with Crippen molar-refractivity contribution in [2.75, 3.05) is 13.1 Å². The summed E-state index contributed by atoms with van der Waals surface area (Å²) in [6, 6.07) is 12.9. The topological polar surface area (TPSA) is 71.5 Å². The summed E-state index contributed by atoms with van der Waals surface area (Å²) >= 11 is 3.33. The number of likely N-dealkylation sites (tertiary alicyclic amines) is 1. The molecule has 0 saturated carbocycles. The molecule has 7 heteroatoms. The molecular weight excluding hydrogens is 386 g/mol. The van der Waals surface area contributed by atoms with Gasteiger partial charge in [0.25, 0.3) is 5.91 Å². The van der Waals surface area contributed by atoms with E-state index in [1.165, 1.54) is 0 Å². The molecule has 1 aromatic carbocycles. The number of nitrogens with one attached hydrogen (secondary N) is 1. The number of halogens is 1. The number of nitrogens with zero attached hydrogens (tertiary/aromatic N) is 2. The van der Waals surface area contributed by atoms with Crippen molar-refractivity contribution < 1.29 is 14.3 Å². The van der Waals surface area contributed by atoms with Crippen LogP contribution in [0.5, 0.6) is 0 Å². The molecule has 0 atom stereocenters. The fourth-order valence-corrected chi connectivity index (χ4v) is 3.04. The number of hydrogen-bond donors (Lipinski definition) is 1. The van der Waals surface area contributed by atoms with Gasteiger partial charge in [0.1, 0.15) is 12.3 Å². The van der Waals surface area contributed by atoms with E-state index in [-0.39, 0.29) is 12.5 Å². The van der Waals surface area contributed by atoms with E-state index in [2.05, 4.69) is 26.2 Å². The van der Waals surface area contributed by atoms with Crippen molar-refractivity contribution in [3.8, 4) is 0 Å². The van der Waals surface area contributed by atoms with Crippen molar-refractivity contribution in [3.05, 3.63) is 64.4 Å². The van der Waals surface area contributed by atoms with Gasteiger partial charge in [-0.25, -0.2) is 4.79 Å². The Morgan fingerprint density at radius 2 is 2.00 bits per heavy atom. The first-order chi connectivity index (χ1) is 12.0. The first-order valence-electron chi connectivity index (χ1n) is 7.85. The van der Waals surface area contributed by atoms with Crippen molar-refractivity contribution in [1.82, 2.24) is 15.2 Å². The van der Waals surface area contributed by atoms with E-state index in [4.69, 9.17) is 4.74 Å². The summed E-state index contributed by atoms with van der Waals surface area (Å²) in [6.07, 6.45) is 1.09. The van der Waals surface area contributed by atoms with Gasteiger partial charge in [0.15, 0.2) is 0 Å². The Labute approximate surface area is 154 Å². The normalized spacial score (nSPS) is 15.2. The molecule has 2 amide bonds. The molecular formula is C18H18BrN3O3. The van der Waals surface area contributed by atoms with Gasteiger partial charge in [0, 0.05) is 23.8 Å². The largest absolute Gasteiger partial charge is 0.445 e. The summed E-state index contributed by atoms with van der Waals surface area (Å²) in [6.45, 7) is 2.93. The van der Waals surface area contributed by atoms with Crippen LogP contribution in [0.4, 0.5) is 4.79 Å². The molecule has 0 unspecified atom stereocenters. The molecule has 0 bridgehead atoms. The lowest BCUT2D eigenvalue weighted by Crippen LogP contribution is -2.69. The predicted molar refractivity (Wildman–Crippen MR) is 96.0 cm³/mol. The number of hydrogen-bond acceptors (Lipinski definition) is 4. The van der Waals surface area contributed by atoms with Gasteiger partial charge in [-0.1, -0.05) is 46.3 Å². The maximum atomic E-state index is 12.4. The van der Waals surface area contributed by atoms with E-state index in [0.29, 0.717) is 18.8 Å². The Balaban J connectivity index is 1.48. The van der Waals surface area contributed by atoms with Gasteiger partial charge in [-0.15, -0.1) is 0 Å². The van der Waals surface area contributed by atoms with Crippen LogP contribution in [0.25, 0.3) is 0 Å². The van der Waals surface area contributed by atoms with Crippen LogP contribution in [0.2, 0.25) is 0 Å². The molecule has 0 aliphatic carbocycles. The van der Waals surface area contributed by atoms with E-state index in [1.54, 1.807) is 23.2 Å². The highest BCUT2D eigenvalue weighted by atomic mass is 79.9. The van der Waals surface area contributed by atoms with Gasteiger partial charge in [-0.3, -0.25) is 9.78 Å². The molecule has 3 rings (SSSR count). The maximum absolute atomic E-state index is 12.4. The zero-order chi connectivity index (χ0) is 17.9. The number of amides is 2. The van der Waals surface area contributed by atoms with Crippen LogP contribution in [0, 0.1) is 0 Å². The molecule has 2 aromatic rings. The minimum Gasteiger partial charge on any atom is -0.445 e. The van der Waals surface area contributed by atoms with E-state index in [1.807, 2.05) is 37.3 Å². The van der Waals surface area contributed by atoms with Crippen LogP contribution < -0.4 is 5.32 Å². The van der Waals surface area contributed by atoms with Crippen molar-refractivity contribution in [2.45, 2.75) is 19.1 Å². The molecule has 0 radical (unpaired) electrons. The highest BCUT2D eigenvalue weighted by molar-refractivity contribution is 9.10. The average molecular weight is 404 g/mol. The molecule has 6 nitrogen and oxygen atoms in total. The SMILES string of the molecule is CC1(NC(=O)OCc2ccccc2)CN(C(=O)c2cc(Br)ccn2)C1. The zero-order valence-electron chi connectivity index (χ0n) is 13.7. The smallest absolute Gasteiger partial charge is 0.408 e. The first kappa shape index (κ1) is 17.4. The molecule has 0 spiro atoms. The number of ether oxygens (including phenoxy) is 1. The van der Waals surface area contributed by atoms with E-state index in [0.717, 1.165) is 10.0 Å². The number of carbonyl (C=O) groups is 2. The Morgan fingerprint density at radius 1 is 1.28 bits per heavy atom. The van der Waals surface area contributed by atoms with Crippen LogP contribution in [-0.4, -0.2) is 40.5 Å². The third kappa shape index (κ3) is 4.36. The van der Waals surface area contributed by atoms with Crippen LogP contribution in [-0.2, 0) is 11.3 Å². The second-order valence-corrected chi connectivity index (χ2v) is 7.18. The van der Waals surface area contributed by atoms with Gasteiger partial charge in [0.2, 0.25) is 0 Å². The lowest BCUT2D eigenvalue weighted by atomic mass is 9.92. The van der Waals surface area contributed by atoms with Gasteiger partial charge >= 0.3 is 6.09 Å². The average Bonchev–Trinajstić information content (AvgIpc) is 2.58. The Morgan fingerprint density at radius 3 is 2.68 bits per heavy atom. The van der Waals surface area contributed by atoms with Crippen LogP contribution in [0.3, 0.4) is 0 Å². The second-order valence-electron chi connectivity index (χ2n) is 6.27. The number of aromatic nitrogens is 1. The quantitative estimate of drug-likeness (QED) is 0.851. The van der Waals surface area contributed by atoms with Crippen molar-refractivity contribution >= 4 is 27.9 Å². The fraction of sp³-hybridized carbons (Fsp3) is 0.278. The van der Waals surface area contributed by atoms with Gasteiger partial charge in [-0.2, -0.15) is 0 Å². The molecule has 1 aliphatic rings. The van der Waals surface area contributed by atoms with Crippen molar-refractivity contribution in [1.29, 1.82) is 0 Å². The van der Waals surface area contributed by atoms with E-state index >= 15 is 0 Å². The van der Waals surface area contributed by atoms with Crippen LogP contribution in [0.15, 0.2) is 53.1 Å².